The third-order valence-electron chi connectivity index (χ3n) is 6.37. The molecular formula is C17H32N2. The number of rotatable bonds is 3. The maximum Gasteiger partial charge on any atom is 0.0224 e. The van der Waals surface area contributed by atoms with Crippen LogP contribution >= 0.6 is 0 Å². The van der Waals surface area contributed by atoms with Crippen LogP contribution in [0.4, 0.5) is 0 Å². The van der Waals surface area contributed by atoms with E-state index in [-0.39, 0.29) is 0 Å². The lowest BCUT2D eigenvalue weighted by Crippen LogP contribution is -2.66. The van der Waals surface area contributed by atoms with Crippen molar-refractivity contribution in [3.8, 4) is 0 Å². The van der Waals surface area contributed by atoms with E-state index in [0.29, 0.717) is 5.54 Å². The second-order valence-electron chi connectivity index (χ2n) is 7.35. The first-order valence-corrected chi connectivity index (χ1v) is 8.75. The van der Waals surface area contributed by atoms with Crippen molar-refractivity contribution in [2.75, 3.05) is 13.1 Å². The molecule has 0 radical (unpaired) electrons. The Labute approximate surface area is 119 Å². The molecule has 3 aliphatic rings. The summed E-state index contributed by atoms with van der Waals surface area (Å²) in [6.45, 7) is 7.37. The van der Waals surface area contributed by atoms with E-state index in [1.54, 1.807) is 0 Å². The Kier molecular flexibility index (Phi) is 4.19. The lowest BCUT2D eigenvalue weighted by Gasteiger charge is -2.56. The van der Waals surface area contributed by atoms with Crippen LogP contribution in [0.2, 0.25) is 0 Å². The molecule has 19 heavy (non-hydrogen) atoms. The van der Waals surface area contributed by atoms with E-state index >= 15 is 0 Å². The third kappa shape index (κ3) is 2.58. The van der Waals surface area contributed by atoms with E-state index in [1.807, 2.05) is 0 Å². The molecule has 2 aliphatic carbocycles. The molecule has 1 aliphatic heterocycles. The molecule has 2 heteroatoms. The SMILES string of the molecule is CCC1(N2CC(C3CCCCC3)NCC2C)CCC1. The molecule has 0 aromatic heterocycles. The quantitative estimate of drug-likeness (QED) is 0.838. The highest BCUT2D eigenvalue weighted by Crippen LogP contribution is 2.43. The van der Waals surface area contributed by atoms with Crippen molar-refractivity contribution in [3.63, 3.8) is 0 Å². The fourth-order valence-corrected chi connectivity index (χ4v) is 4.83. The standard InChI is InChI=1S/C17H32N2/c1-3-17(10-7-11-17)19-13-16(18-12-14(19)2)15-8-5-4-6-9-15/h14-16,18H,3-13H2,1-2H3. The van der Waals surface area contributed by atoms with Crippen LogP contribution in [0.5, 0.6) is 0 Å². The predicted molar refractivity (Wildman–Crippen MR) is 81.4 cm³/mol. The number of nitrogens with one attached hydrogen (secondary N) is 1. The molecule has 3 rings (SSSR count). The van der Waals surface area contributed by atoms with E-state index in [0.717, 1.165) is 18.0 Å². The third-order valence-corrected chi connectivity index (χ3v) is 6.37. The van der Waals surface area contributed by atoms with Gasteiger partial charge >= 0.3 is 0 Å². The van der Waals surface area contributed by atoms with Gasteiger partial charge in [0.05, 0.1) is 0 Å². The summed E-state index contributed by atoms with van der Waals surface area (Å²) in [5, 5.41) is 3.87. The molecule has 2 saturated carbocycles. The summed E-state index contributed by atoms with van der Waals surface area (Å²) >= 11 is 0. The van der Waals surface area contributed by atoms with Crippen LogP contribution in [0, 0.1) is 5.92 Å². The highest BCUT2D eigenvalue weighted by atomic mass is 15.3. The molecule has 1 heterocycles. The van der Waals surface area contributed by atoms with Gasteiger partial charge in [-0.3, -0.25) is 4.90 Å². The minimum absolute atomic E-state index is 0.578. The Bertz CT molecular complexity index is 286. The summed E-state index contributed by atoms with van der Waals surface area (Å²) in [5.41, 5.74) is 0.578. The topological polar surface area (TPSA) is 15.3 Å². The van der Waals surface area contributed by atoms with Crippen molar-refractivity contribution in [2.24, 2.45) is 5.92 Å². The summed E-state index contributed by atoms with van der Waals surface area (Å²) in [6.07, 6.45) is 13.1. The molecule has 3 fully saturated rings. The van der Waals surface area contributed by atoms with Gasteiger partial charge in [-0.05, 0) is 51.4 Å². The van der Waals surface area contributed by atoms with Crippen molar-refractivity contribution < 1.29 is 0 Å². The highest BCUT2D eigenvalue weighted by Gasteiger charge is 2.45. The molecule has 0 amide bonds. The molecule has 0 aromatic rings. The van der Waals surface area contributed by atoms with Gasteiger partial charge in [-0.2, -0.15) is 0 Å². The van der Waals surface area contributed by atoms with E-state index < -0.39 is 0 Å². The Balaban J connectivity index is 1.66. The second-order valence-corrected chi connectivity index (χ2v) is 7.35. The first-order chi connectivity index (χ1) is 9.25. The molecule has 110 valence electrons. The molecule has 2 nitrogen and oxygen atoms in total. The first kappa shape index (κ1) is 13.9. The van der Waals surface area contributed by atoms with Gasteiger partial charge in [0.1, 0.15) is 0 Å². The van der Waals surface area contributed by atoms with Gasteiger partial charge in [0.15, 0.2) is 0 Å². The van der Waals surface area contributed by atoms with Gasteiger partial charge in [0.25, 0.3) is 0 Å². The lowest BCUT2D eigenvalue weighted by molar-refractivity contribution is -0.0460. The molecule has 0 aromatic carbocycles. The van der Waals surface area contributed by atoms with Crippen LogP contribution < -0.4 is 5.32 Å². The minimum atomic E-state index is 0.578. The van der Waals surface area contributed by atoms with Crippen LogP contribution in [0.15, 0.2) is 0 Å². The number of nitrogens with zero attached hydrogens (tertiary/aromatic N) is 1. The Morgan fingerprint density at radius 1 is 1.11 bits per heavy atom. The van der Waals surface area contributed by atoms with Crippen LogP contribution in [0.25, 0.3) is 0 Å². The number of piperazine rings is 1. The molecule has 1 saturated heterocycles. The first-order valence-electron chi connectivity index (χ1n) is 8.75. The Morgan fingerprint density at radius 3 is 2.42 bits per heavy atom. The lowest BCUT2D eigenvalue weighted by atomic mass is 9.71. The minimum Gasteiger partial charge on any atom is -0.311 e. The zero-order valence-electron chi connectivity index (χ0n) is 13.0. The van der Waals surface area contributed by atoms with Gasteiger partial charge < -0.3 is 5.32 Å². The maximum absolute atomic E-state index is 3.87. The van der Waals surface area contributed by atoms with E-state index in [1.165, 1.54) is 70.9 Å². The summed E-state index contributed by atoms with van der Waals surface area (Å²) in [7, 11) is 0. The normalized spacial score (nSPS) is 36.9. The van der Waals surface area contributed by atoms with E-state index in [2.05, 4.69) is 24.1 Å². The van der Waals surface area contributed by atoms with Crippen LogP contribution in [-0.4, -0.2) is 35.6 Å². The highest BCUT2D eigenvalue weighted by molar-refractivity contribution is 5.02. The van der Waals surface area contributed by atoms with Crippen molar-refractivity contribution in [1.29, 1.82) is 0 Å². The van der Waals surface area contributed by atoms with Crippen LogP contribution in [0.3, 0.4) is 0 Å². The monoisotopic (exact) mass is 264 g/mol. The molecular weight excluding hydrogens is 232 g/mol. The fourth-order valence-electron chi connectivity index (χ4n) is 4.83. The Morgan fingerprint density at radius 2 is 1.84 bits per heavy atom. The van der Waals surface area contributed by atoms with Crippen molar-refractivity contribution in [3.05, 3.63) is 0 Å². The van der Waals surface area contributed by atoms with Crippen molar-refractivity contribution in [2.45, 2.75) is 89.3 Å². The Hall–Kier alpha value is -0.0800. The summed E-state index contributed by atoms with van der Waals surface area (Å²) in [4.78, 5) is 2.90. The molecule has 1 N–H and O–H groups in total. The van der Waals surface area contributed by atoms with Crippen LogP contribution in [-0.2, 0) is 0 Å². The predicted octanol–water partition coefficient (Wildman–Crippen LogP) is 3.56. The van der Waals surface area contributed by atoms with Crippen molar-refractivity contribution in [1.82, 2.24) is 10.2 Å². The zero-order chi connectivity index (χ0) is 13.3. The summed E-state index contributed by atoms with van der Waals surface area (Å²) in [6, 6.07) is 1.51. The summed E-state index contributed by atoms with van der Waals surface area (Å²) < 4.78 is 0. The van der Waals surface area contributed by atoms with Gasteiger partial charge in [0, 0.05) is 30.7 Å². The average molecular weight is 264 g/mol. The maximum atomic E-state index is 3.87. The van der Waals surface area contributed by atoms with Gasteiger partial charge in [-0.25, -0.2) is 0 Å². The summed E-state index contributed by atoms with van der Waals surface area (Å²) in [5.74, 6) is 0.956. The molecule has 0 spiro atoms. The number of hydrogen-bond donors (Lipinski definition) is 1. The molecule has 2 unspecified atom stereocenters. The largest absolute Gasteiger partial charge is 0.311 e. The van der Waals surface area contributed by atoms with E-state index in [4.69, 9.17) is 0 Å². The average Bonchev–Trinajstić information content (AvgIpc) is 2.41. The van der Waals surface area contributed by atoms with Gasteiger partial charge in [-0.1, -0.05) is 26.2 Å². The van der Waals surface area contributed by atoms with Crippen LogP contribution in [0.1, 0.15) is 71.6 Å². The molecule has 0 bridgehead atoms. The van der Waals surface area contributed by atoms with Gasteiger partial charge in [-0.15, -0.1) is 0 Å². The van der Waals surface area contributed by atoms with E-state index in [9.17, 15) is 0 Å². The zero-order valence-corrected chi connectivity index (χ0v) is 13.0. The van der Waals surface area contributed by atoms with Gasteiger partial charge in [0.2, 0.25) is 0 Å². The van der Waals surface area contributed by atoms with Crippen molar-refractivity contribution >= 4 is 0 Å². The molecule has 2 atom stereocenters. The fraction of sp³-hybridized carbons (Fsp3) is 1.00. The smallest absolute Gasteiger partial charge is 0.0224 e. The number of hydrogen-bond acceptors (Lipinski definition) is 2. The second kappa shape index (κ2) is 5.73.